The highest BCUT2D eigenvalue weighted by Gasteiger charge is 2.21. The predicted molar refractivity (Wildman–Crippen MR) is 92.0 cm³/mol. The van der Waals surface area contributed by atoms with Gasteiger partial charge in [-0.1, -0.05) is 30.3 Å². The third-order valence-electron chi connectivity index (χ3n) is 3.21. The molecule has 2 rings (SSSR count). The number of hydrogen-bond donors (Lipinski definition) is 2. The largest absolute Gasteiger partial charge is 0.341 e. The Morgan fingerprint density at radius 2 is 2.00 bits per heavy atom. The second-order valence-electron chi connectivity index (χ2n) is 4.98. The summed E-state index contributed by atoms with van der Waals surface area (Å²) >= 11 is 3.26. The molecule has 0 fully saturated rings. The highest BCUT2D eigenvalue weighted by atomic mass is 79.9. The summed E-state index contributed by atoms with van der Waals surface area (Å²) in [6.45, 7) is -0.113. The molecule has 1 aromatic heterocycles. The number of aromatic nitrogens is 1. The van der Waals surface area contributed by atoms with Gasteiger partial charge in [0, 0.05) is 23.3 Å². The number of benzene rings is 1. The van der Waals surface area contributed by atoms with E-state index in [9.17, 15) is 9.59 Å². The van der Waals surface area contributed by atoms with E-state index >= 15 is 0 Å². The Labute approximate surface area is 148 Å². The van der Waals surface area contributed by atoms with Crippen molar-refractivity contribution < 1.29 is 9.59 Å². The quantitative estimate of drug-likeness (QED) is 0.740. The molecule has 0 saturated heterocycles. The average molecular weight is 387 g/mol. The minimum absolute atomic E-state index is 0.113. The van der Waals surface area contributed by atoms with Crippen molar-refractivity contribution in [2.45, 2.75) is 12.5 Å². The first kappa shape index (κ1) is 17.6. The Balaban J connectivity index is 2.14. The van der Waals surface area contributed by atoms with Gasteiger partial charge in [0.05, 0.1) is 11.6 Å². The van der Waals surface area contributed by atoms with Gasteiger partial charge in [-0.05, 0) is 27.6 Å². The smallest absolute Gasteiger partial charge is 0.253 e. The lowest BCUT2D eigenvalue weighted by atomic mass is 10.0. The Bertz CT molecular complexity index is 759. The highest BCUT2D eigenvalue weighted by Crippen LogP contribution is 2.10. The lowest BCUT2D eigenvalue weighted by Crippen LogP contribution is -2.48. The first-order valence-electron chi connectivity index (χ1n) is 7.20. The van der Waals surface area contributed by atoms with Crippen molar-refractivity contribution in [3.05, 3.63) is 64.4 Å². The summed E-state index contributed by atoms with van der Waals surface area (Å²) in [6, 6.07) is 12.0. The molecule has 6 nitrogen and oxygen atoms in total. The van der Waals surface area contributed by atoms with Gasteiger partial charge in [0.2, 0.25) is 5.91 Å². The maximum Gasteiger partial charge on any atom is 0.253 e. The van der Waals surface area contributed by atoms with E-state index in [0.29, 0.717) is 16.5 Å². The van der Waals surface area contributed by atoms with Crippen molar-refractivity contribution in [1.29, 1.82) is 5.26 Å². The van der Waals surface area contributed by atoms with Gasteiger partial charge in [-0.15, -0.1) is 0 Å². The van der Waals surface area contributed by atoms with Crippen molar-refractivity contribution in [3.63, 3.8) is 0 Å². The number of amides is 2. The number of pyridine rings is 1. The molecule has 0 saturated carbocycles. The summed E-state index contributed by atoms with van der Waals surface area (Å²) in [5, 5.41) is 13.8. The molecule has 0 aliphatic heterocycles. The molecule has 2 N–H and O–H groups in total. The first-order chi connectivity index (χ1) is 11.6. The van der Waals surface area contributed by atoms with E-state index in [2.05, 4.69) is 31.5 Å². The fourth-order valence-electron chi connectivity index (χ4n) is 2.09. The minimum Gasteiger partial charge on any atom is -0.341 e. The molecule has 0 unspecified atom stereocenters. The third kappa shape index (κ3) is 5.18. The zero-order valence-electron chi connectivity index (χ0n) is 12.7. The fourth-order valence-corrected chi connectivity index (χ4v) is 2.45. The van der Waals surface area contributed by atoms with E-state index in [0.717, 1.165) is 5.56 Å². The van der Waals surface area contributed by atoms with Crippen molar-refractivity contribution in [3.8, 4) is 6.07 Å². The number of hydrogen-bond acceptors (Lipinski definition) is 4. The lowest BCUT2D eigenvalue weighted by Gasteiger charge is -2.18. The number of nitriles is 1. The molecule has 2 aromatic rings. The molecule has 0 radical (unpaired) electrons. The number of nitrogens with one attached hydrogen (secondary N) is 2. The van der Waals surface area contributed by atoms with E-state index in [4.69, 9.17) is 5.26 Å². The van der Waals surface area contributed by atoms with Crippen LogP contribution in [0.25, 0.3) is 0 Å². The van der Waals surface area contributed by atoms with Crippen LogP contribution in [0.5, 0.6) is 0 Å². The molecule has 1 atom stereocenters. The number of rotatable bonds is 6. The van der Waals surface area contributed by atoms with E-state index in [1.807, 2.05) is 36.4 Å². The minimum atomic E-state index is -0.785. The summed E-state index contributed by atoms with van der Waals surface area (Å²) in [4.78, 5) is 28.5. The number of nitrogens with zero attached hydrogens (tertiary/aromatic N) is 2. The molecule has 0 spiro atoms. The van der Waals surface area contributed by atoms with E-state index in [1.54, 1.807) is 12.3 Å². The van der Waals surface area contributed by atoms with Gasteiger partial charge in [-0.25, -0.2) is 0 Å². The van der Waals surface area contributed by atoms with Gasteiger partial charge >= 0.3 is 0 Å². The molecule has 1 heterocycles. The average Bonchev–Trinajstić information content (AvgIpc) is 2.60. The van der Waals surface area contributed by atoms with Crippen LogP contribution in [0.4, 0.5) is 0 Å². The standard InChI is InChI=1S/C17H15BrN4O2/c18-14-9-13(10-20-11-14)16(23)22-15(17(24)21-7-6-19)8-12-4-2-1-3-5-12/h1-5,9-11,15H,7-8H2,(H,21,24)(H,22,23)/t15-/m0/s1. The van der Waals surface area contributed by atoms with Crippen LogP contribution < -0.4 is 10.6 Å². The van der Waals surface area contributed by atoms with Crippen molar-refractivity contribution >= 4 is 27.7 Å². The van der Waals surface area contributed by atoms with Crippen LogP contribution in [0, 0.1) is 11.3 Å². The molecular weight excluding hydrogens is 372 g/mol. The lowest BCUT2D eigenvalue weighted by molar-refractivity contribution is -0.122. The van der Waals surface area contributed by atoms with Crippen molar-refractivity contribution in [1.82, 2.24) is 15.6 Å². The number of halogens is 1. The molecule has 122 valence electrons. The van der Waals surface area contributed by atoms with Crippen LogP contribution in [0.15, 0.2) is 53.3 Å². The van der Waals surface area contributed by atoms with E-state index in [1.165, 1.54) is 6.20 Å². The molecule has 0 bridgehead atoms. The Hall–Kier alpha value is -2.72. The van der Waals surface area contributed by atoms with Gasteiger partial charge in [-0.3, -0.25) is 14.6 Å². The predicted octanol–water partition coefficient (Wildman–Crippen LogP) is 1.82. The maximum atomic E-state index is 12.4. The zero-order chi connectivity index (χ0) is 17.4. The van der Waals surface area contributed by atoms with E-state index < -0.39 is 17.9 Å². The Morgan fingerprint density at radius 1 is 1.25 bits per heavy atom. The normalized spacial score (nSPS) is 11.2. The summed E-state index contributed by atoms with van der Waals surface area (Å²) in [5.74, 6) is -0.812. The topological polar surface area (TPSA) is 94.9 Å². The molecule has 24 heavy (non-hydrogen) atoms. The summed E-state index contributed by atoms with van der Waals surface area (Å²) in [6.07, 6.45) is 3.32. The van der Waals surface area contributed by atoms with Gasteiger partial charge in [-0.2, -0.15) is 5.26 Å². The molecule has 7 heteroatoms. The van der Waals surface area contributed by atoms with E-state index in [-0.39, 0.29) is 6.54 Å². The number of carbonyl (C=O) groups excluding carboxylic acids is 2. The van der Waals surface area contributed by atoms with Gasteiger partial charge < -0.3 is 10.6 Å². The van der Waals surface area contributed by atoms with Gasteiger partial charge in [0.25, 0.3) is 5.91 Å². The second-order valence-corrected chi connectivity index (χ2v) is 5.90. The number of carbonyl (C=O) groups is 2. The zero-order valence-corrected chi connectivity index (χ0v) is 14.3. The van der Waals surface area contributed by atoms with Gasteiger partial charge in [0.1, 0.15) is 12.6 Å². The van der Waals surface area contributed by atoms with Crippen LogP contribution in [-0.2, 0) is 11.2 Å². The van der Waals surface area contributed by atoms with Crippen LogP contribution in [0.3, 0.4) is 0 Å². The third-order valence-corrected chi connectivity index (χ3v) is 3.65. The molecule has 1 aromatic carbocycles. The van der Waals surface area contributed by atoms with Crippen molar-refractivity contribution in [2.24, 2.45) is 0 Å². The fraction of sp³-hybridized carbons (Fsp3) is 0.176. The van der Waals surface area contributed by atoms with Crippen LogP contribution in [-0.4, -0.2) is 29.4 Å². The van der Waals surface area contributed by atoms with Crippen LogP contribution in [0.1, 0.15) is 15.9 Å². The monoisotopic (exact) mass is 386 g/mol. The molecule has 2 amide bonds. The van der Waals surface area contributed by atoms with Crippen LogP contribution in [0.2, 0.25) is 0 Å². The SMILES string of the molecule is N#CCNC(=O)[C@H](Cc1ccccc1)NC(=O)c1cncc(Br)c1. The summed E-state index contributed by atoms with van der Waals surface area (Å²) < 4.78 is 0.670. The highest BCUT2D eigenvalue weighted by molar-refractivity contribution is 9.10. The maximum absolute atomic E-state index is 12.4. The Morgan fingerprint density at radius 3 is 2.67 bits per heavy atom. The van der Waals surface area contributed by atoms with Crippen LogP contribution >= 0.6 is 15.9 Å². The summed E-state index contributed by atoms with van der Waals surface area (Å²) in [7, 11) is 0. The molecule has 0 aliphatic rings. The second kappa shape index (κ2) is 8.79. The summed E-state index contributed by atoms with van der Waals surface area (Å²) in [5.41, 5.74) is 1.25. The van der Waals surface area contributed by atoms with Crippen molar-refractivity contribution in [2.75, 3.05) is 6.54 Å². The molecular formula is C17H15BrN4O2. The molecule has 0 aliphatic carbocycles. The van der Waals surface area contributed by atoms with Gasteiger partial charge in [0.15, 0.2) is 0 Å². The first-order valence-corrected chi connectivity index (χ1v) is 7.99. The Kier molecular flexibility index (Phi) is 6.46.